The van der Waals surface area contributed by atoms with E-state index in [-0.39, 0.29) is 5.56 Å². The van der Waals surface area contributed by atoms with Crippen molar-refractivity contribution in [1.29, 1.82) is 5.26 Å². The molecule has 0 atom stereocenters. The minimum absolute atomic E-state index is 0.0772. The summed E-state index contributed by atoms with van der Waals surface area (Å²) in [6.45, 7) is 13.6. The number of hydrogen-bond acceptors (Lipinski definition) is 6. The van der Waals surface area contributed by atoms with Crippen molar-refractivity contribution in [3.05, 3.63) is 29.6 Å². The van der Waals surface area contributed by atoms with Crippen LogP contribution in [-0.2, 0) is 25.0 Å². The van der Waals surface area contributed by atoms with E-state index < -0.39 is 26.2 Å². The first-order chi connectivity index (χ1) is 16.0. The minimum Gasteiger partial charge on any atom is -0.382 e. The number of methoxy groups -OCH3 is 1. The average molecular weight is 497 g/mol. The van der Waals surface area contributed by atoms with Gasteiger partial charge in [0.1, 0.15) is 0 Å². The van der Waals surface area contributed by atoms with Crippen LogP contribution in [0.4, 0.5) is 4.39 Å². The van der Waals surface area contributed by atoms with E-state index in [1.807, 2.05) is 34.6 Å². The molecule has 0 radical (unpaired) electrons. The Morgan fingerprint density at radius 3 is 2.35 bits per heavy atom. The third kappa shape index (κ3) is 11.0. The Kier molecular flexibility index (Phi) is 15.0. The van der Waals surface area contributed by atoms with E-state index in [2.05, 4.69) is 4.65 Å². The zero-order valence-corrected chi connectivity index (χ0v) is 22.8. The van der Waals surface area contributed by atoms with Crippen molar-refractivity contribution in [3.63, 3.8) is 0 Å². The van der Waals surface area contributed by atoms with Crippen LogP contribution >= 0.6 is 0 Å². The van der Waals surface area contributed by atoms with Crippen LogP contribution < -0.4 is 4.74 Å². The van der Waals surface area contributed by atoms with E-state index in [9.17, 15) is 12.8 Å². The van der Waals surface area contributed by atoms with Crippen molar-refractivity contribution in [1.82, 2.24) is 0 Å². The van der Waals surface area contributed by atoms with Gasteiger partial charge >= 0.3 is 161 Å². The monoisotopic (exact) mass is 497 g/mol. The second kappa shape index (κ2) is 15.9. The largest absolute Gasteiger partial charge is 0.382 e. The molecule has 0 spiro atoms. The van der Waals surface area contributed by atoms with Crippen molar-refractivity contribution >= 4 is 22.4 Å². The normalized spacial score (nSPS) is 13.5. The first-order valence-electron chi connectivity index (χ1n) is 11.9. The Hall–Kier alpha value is -1.92. The summed E-state index contributed by atoms with van der Waals surface area (Å²) in [7, 11) is -0.890. The van der Waals surface area contributed by atoms with Gasteiger partial charge in [-0.25, -0.2) is 0 Å². The second-order valence-corrected chi connectivity index (χ2v) is 11.2. The van der Waals surface area contributed by atoms with Crippen molar-refractivity contribution in [2.24, 2.45) is 5.92 Å². The summed E-state index contributed by atoms with van der Waals surface area (Å²) in [5.41, 5.74) is 0.557. The van der Waals surface area contributed by atoms with Crippen molar-refractivity contribution < 1.29 is 26.9 Å². The third-order valence-corrected chi connectivity index (χ3v) is 7.85. The molecule has 6 nitrogen and oxygen atoms in total. The Balaban J connectivity index is 0.00000138. The molecule has 1 saturated carbocycles. The molecular weight excluding hydrogens is 456 g/mol. The average Bonchev–Trinajstić information content (AvgIpc) is 3.63. The van der Waals surface area contributed by atoms with E-state index in [4.69, 9.17) is 14.7 Å². The molecule has 34 heavy (non-hydrogen) atoms. The molecule has 0 unspecified atom stereocenters. The van der Waals surface area contributed by atoms with Crippen LogP contribution in [0.2, 0.25) is 0 Å². The molecule has 1 aliphatic carbocycles. The summed E-state index contributed by atoms with van der Waals surface area (Å²) in [6.07, 6.45) is 5.33. The molecule has 0 saturated heterocycles. The molecule has 1 aromatic carbocycles. The molecule has 0 heterocycles. The van der Waals surface area contributed by atoms with Gasteiger partial charge in [-0.05, 0) is 13.8 Å². The van der Waals surface area contributed by atoms with Crippen LogP contribution in [0.5, 0.6) is 5.75 Å². The van der Waals surface area contributed by atoms with Gasteiger partial charge in [-0.2, -0.15) is 0 Å². The van der Waals surface area contributed by atoms with E-state index in [0.717, 1.165) is 12.8 Å². The SMILES string of the molecule is CC.CCCC(=BOC#N)C(C)(C)S(=O)(=O)Cc1cc(OCC2CC2)ccc1F.COC(C)C. The fourth-order valence-electron chi connectivity index (χ4n) is 2.70. The van der Waals surface area contributed by atoms with Crippen LogP contribution in [0, 0.1) is 23.3 Å². The quantitative estimate of drug-likeness (QED) is 0.298. The molecule has 0 bridgehead atoms. The molecular formula is C25H41BFNO5S. The summed E-state index contributed by atoms with van der Waals surface area (Å²) in [4.78, 5) is 0. The number of halogens is 1. The van der Waals surface area contributed by atoms with Gasteiger partial charge in [0.25, 0.3) is 0 Å². The van der Waals surface area contributed by atoms with Crippen LogP contribution in [0.3, 0.4) is 0 Å². The van der Waals surface area contributed by atoms with Crippen LogP contribution in [0.15, 0.2) is 18.2 Å². The summed E-state index contributed by atoms with van der Waals surface area (Å²) >= 11 is 0. The Bertz CT molecular complexity index is 906. The summed E-state index contributed by atoms with van der Waals surface area (Å²) in [6, 6.07) is 4.21. The Morgan fingerprint density at radius 2 is 1.88 bits per heavy atom. The van der Waals surface area contributed by atoms with E-state index >= 15 is 0 Å². The van der Waals surface area contributed by atoms with Gasteiger partial charge in [-0.3, -0.25) is 0 Å². The zero-order chi connectivity index (χ0) is 26.4. The maximum atomic E-state index is 14.2. The molecule has 0 amide bonds. The molecule has 1 fully saturated rings. The topological polar surface area (TPSA) is 85.6 Å². The zero-order valence-electron chi connectivity index (χ0n) is 22.0. The Morgan fingerprint density at radius 1 is 1.29 bits per heavy atom. The molecule has 0 N–H and O–H groups in total. The predicted molar refractivity (Wildman–Crippen MR) is 137 cm³/mol. The number of nitrogens with zero attached hydrogens (tertiary/aromatic N) is 1. The molecule has 1 aromatic rings. The van der Waals surface area contributed by atoms with Gasteiger partial charge in [0.2, 0.25) is 0 Å². The number of hydrogen-bond donors (Lipinski definition) is 0. The van der Waals surface area contributed by atoms with Crippen molar-refractivity contribution in [2.45, 2.75) is 90.8 Å². The van der Waals surface area contributed by atoms with Crippen LogP contribution in [0.1, 0.15) is 79.7 Å². The van der Waals surface area contributed by atoms with E-state index in [0.29, 0.717) is 42.7 Å². The molecule has 2 rings (SSSR count). The minimum atomic E-state index is -3.78. The first kappa shape index (κ1) is 32.1. The molecule has 0 aromatic heterocycles. The van der Waals surface area contributed by atoms with Gasteiger partial charge in [-0.15, -0.1) is 0 Å². The molecule has 192 valence electrons. The maximum absolute atomic E-state index is 14.2. The molecule has 0 aliphatic heterocycles. The number of rotatable bonds is 11. The smallest absolute Gasteiger partial charge is 0.0515 e. The first-order valence-corrected chi connectivity index (χ1v) is 13.5. The van der Waals surface area contributed by atoms with Gasteiger partial charge < -0.3 is 4.74 Å². The molecule has 9 heteroatoms. The standard InChI is InChI=1S/C19H25BFNO4S.C4H10O.C2H6/c1-4-5-18(20-26-13-22)19(2,3)27(23,24)12-15-10-16(8-9-17(15)21)25-11-14-6-7-14;1-4(2)5-3;1-2/h8-10,14H,4-7,11-12H2,1-3H3;4H,1-3H3;1-2H3. The summed E-state index contributed by atoms with van der Waals surface area (Å²) in [5, 5.41) is 8.62. The maximum Gasteiger partial charge on any atom is 0.0515 e. The van der Waals surface area contributed by atoms with Crippen LogP contribution in [0.25, 0.3) is 0 Å². The summed E-state index contributed by atoms with van der Waals surface area (Å²) < 4.78 is 54.1. The third-order valence-electron chi connectivity index (χ3n) is 5.34. The van der Waals surface area contributed by atoms with Crippen molar-refractivity contribution in [3.8, 4) is 12.0 Å². The van der Waals surface area contributed by atoms with Crippen LogP contribution in [-0.4, -0.2) is 45.6 Å². The van der Waals surface area contributed by atoms with Gasteiger partial charge in [0, 0.05) is 7.11 Å². The summed E-state index contributed by atoms with van der Waals surface area (Å²) in [5.74, 6) is -0.0194. The van der Waals surface area contributed by atoms with Gasteiger partial charge in [0.15, 0.2) is 0 Å². The van der Waals surface area contributed by atoms with E-state index in [1.54, 1.807) is 21.0 Å². The van der Waals surface area contributed by atoms with Gasteiger partial charge in [-0.1, -0.05) is 13.8 Å². The number of nitriles is 1. The predicted octanol–water partition coefficient (Wildman–Crippen LogP) is 5.46. The van der Waals surface area contributed by atoms with Crippen molar-refractivity contribution in [2.75, 3.05) is 13.7 Å². The number of benzene rings is 1. The Labute approximate surface area is 206 Å². The second-order valence-electron chi connectivity index (χ2n) is 8.66. The number of sulfone groups is 1. The van der Waals surface area contributed by atoms with E-state index in [1.165, 1.54) is 31.6 Å². The fourth-order valence-corrected chi connectivity index (χ4v) is 4.24. The van der Waals surface area contributed by atoms with Gasteiger partial charge in [0.05, 0.1) is 6.10 Å². The fraction of sp³-hybridized carbons (Fsp3) is 0.680. The molecule has 1 aliphatic rings. The number of ether oxygens (including phenoxy) is 2.